The second kappa shape index (κ2) is 9.23. The van der Waals surface area contributed by atoms with Crippen molar-refractivity contribution in [3.05, 3.63) is 29.8 Å². The zero-order valence-electron chi connectivity index (χ0n) is 13.1. The van der Waals surface area contributed by atoms with Gasteiger partial charge in [-0.25, -0.2) is 4.79 Å². The Morgan fingerprint density at radius 3 is 2.52 bits per heavy atom. The Balaban J connectivity index is 2.41. The summed E-state index contributed by atoms with van der Waals surface area (Å²) in [6, 6.07) is 7.26. The first kappa shape index (κ1) is 17.3. The quantitative estimate of drug-likeness (QED) is 0.690. The lowest BCUT2D eigenvalue weighted by Gasteiger charge is -2.17. The van der Waals surface area contributed by atoms with Gasteiger partial charge in [-0.1, -0.05) is 25.5 Å². The molecule has 2 unspecified atom stereocenters. The van der Waals surface area contributed by atoms with Crippen LogP contribution in [0.2, 0.25) is 0 Å². The number of hydrogen-bond donors (Lipinski definition) is 3. The van der Waals surface area contributed by atoms with Crippen LogP contribution in [0.5, 0.6) is 5.75 Å². The van der Waals surface area contributed by atoms with E-state index in [1.165, 1.54) is 0 Å². The van der Waals surface area contributed by atoms with E-state index in [0.717, 1.165) is 17.7 Å². The van der Waals surface area contributed by atoms with Crippen molar-refractivity contribution in [3.63, 3.8) is 0 Å². The normalized spacial score (nSPS) is 13.3. The number of ether oxygens (including phenoxy) is 1. The lowest BCUT2D eigenvalue weighted by molar-refractivity contribution is 0.160. The fourth-order valence-corrected chi connectivity index (χ4v) is 2.00. The Morgan fingerprint density at radius 1 is 1.29 bits per heavy atom. The zero-order chi connectivity index (χ0) is 15.7. The molecule has 0 spiro atoms. The number of hydrogen-bond acceptors (Lipinski definition) is 3. The summed E-state index contributed by atoms with van der Waals surface area (Å²) in [4.78, 5) is 11.7. The first-order valence-electron chi connectivity index (χ1n) is 7.52. The predicted octanol–water partition coefficient (Wildman–Crippen LogP) is 2.61. The summed E-state index contributed by atoms with van der Waals surface area (Å²) in [6.07, 6.45) is 1.10. The molecule has 1 rings (SSSR count). The minimum atomic E-state index is -0.485. The van der Waals surface area contributed by atoms with Crippen molar-refractivity contribution in [2.24, 2.45) is 0 Å². The highest BCUT2D eigenvalue weighted by atomic mass is 16.5. The third-order valence-corrected chi connectivity index (χ3v) is 3.16. The fourth-order valence-electron chi connectivity index (χ4n) is 2.00. The molecule has 0 saturated heterocycles. The standard InChI is InChI=1S/C16H26N2O3/c1-4-6-14(19)11-17-16(20)18-12(3)13-7-9-15(10-8-13)21-5-2/h7-10,12,14,19H,4-6,11H2,1-3H3,(H2,17,18,20). The summed E-state index contributed by atoms with van der Waals surface area (Å²) >= 11 is 0. The number of rotatable bonds is 8. The number of benzene rings is 1. The van der Waals surface area contributed by atoms with Gasteiger partial charge in [0.1, 0.15) is 5.75 Å². The molecule has 0 fully saturated rings. The molecule has 0 radical (unpaired) electrons. The molecular weight excluding hydrogens is 268 g/mol. The maximum absolute atomic E-state index is 11.7. The van der Waals surface area contributed by atoms with Crippen LogP contribution in [0.3, 0.4) is 0 Å². The lowest BCUT2D eigenvalue weighted by atomic mass is 10.1. The third kappa shape index (κ3) is 6.49. The summed E-state index contributed by atoms with van der Waals surface area (Å²) in [6.45, 7) is 6.76. The highest BCUT2D eigenvalue weighted by molar-refractivity contribution is 5.74. The second-order valence-electron chi connectivity index (χ2n) is 5.02. The van der Waals surface area contributed by atoms with Gasteiger partial charge in [0.05, 0.1) is 18.8 Å². The van der Waals surface area contributed by atoms with E-state index >= 15 is 0 Å². The van der Waals surface area contributed by atoms with Crippen LogP contribution in [-0.2, 0) is 0 Å². The van der Waals surface area contributed by atoms with Crippen molar-refractivity contribution in [2.45, 2.75) is 45.8 Å². The van der Waals surface area contributed by atoms with Gasteiger partial charge in [-0.15, -0.1) is 0 Å². The van der Waals surface area contributed by atoms with Crippen LogP contribution in [0, 0.1) is 0 Å². The SMILES string of the molecule is CCCC(O)CNC(=O)NC(C)c1ccc(OCC)cc1. The molecule has 0 saturated carbocycles. The molecule has 0 bridgehead atoms. The van der Waals surface area contributed by atoms with Crippen LogP contribution in [-0.4, -0.2) is 30.4 Å². The van der Waals surface area contributed by atoms with Crippen molar-refractivity contribution < 1.29 is 14.6 Å². The van der Waals surface area contributed by atoms with Gasteiger partial charge in [-0.2, -0.15) is 0 Å². The van der Waals surface area contributed by atoms with Crippen LogP contribution >= 0.6 is 0 Å². The van der Waals surface area contributed by atoms with Crippen LogP contribution in [0.1, 0.15) is 45.2 Å². The number of nitrogens with one attached hydrogen (secondary N) is 2. The first-order valence-corrected chi connectivity index (χ1v) is 7.52. The van der Waals surface area contributed by atoms with Gasteiger partial charge in [0, 0.05) is 6.54 Å². The van der Waals surface area contributed by atoms with Gasteiger partial charge < -0.3 is 20.5 Å². The molecule has 2 atom stereocenters. The Kier molecular flexibility index (Phi) is 7.61. The molecular formula is C16H26N2O3. The van der Waals surface area contributed by atoms with E-state index in [1.807, 2.05) is 45.0 Å². The van der Waals surface area contributed by atoms with Gasteiger partial charge >= 0.3 is 6.03 Å². The minimum absolute atomic E-state index is 0.107. The number of amides is 2. The maximum atomic E-state index is 11.7. The molecule has 1 aromatic carbocycles. The van der Waals surface area contributed by atoms with Crippen molar-refractivity contribution in [1.82, 2.24) is 10.6 Å². The smallest absolute Gasteiger partial charge is 0.315 e. The fraction of sp³-hybridized carbons (Fsp3) is 0.562. The molecule has 3 N–H and O–H groups in total. The van der Waals surface area contributed by atoms with Gasteiger partial charge in [-0.05, 0) is 38.0 Å². The van der Waals surface area contributed by atoms with E-state index in [4.69, 9.17) is 4.74 Å². The van der Waals surface area contributed by atoms with E-state index in [-0.39, 0.29) is 18.6 Å². The molecule has 0 aliphatic carbocycles. The summed E-state index contributed by atoms with van der Waals surface area (Å²) in [5.41, 5.74) is 1.00. The summed E-state index contributed by atoms with van der Waals surface area (Å²) < 4.78 is 5.38. The number of aliphatic hydroxyl groups excluding tert-OH is 1. The Bertz CT molecular complexity index is 420. The molecule has 0 aliphatic rings. The predicted molar refractivity (Wildman–Crippen MR) is 83.5 cm³/mol. The van der Waals surface area contributed by atoms with E-state index < -0.39 is 6.10 Å². The maximum Gasteiger partial charge on any atom is 0.315 e. The van der Waals surface area contributed by atoms with Gasteiger partial charge in [-0.3, -0.25) is 0 Å². The lowest BCUT2D eigenvalue weighted by Crippen LogP contribution is -2.40. The van der Waals surface area contributed by atoms with E-state index in [2.05, 4.69) is 10.6 Å². The van der Waals surface area contributed by atoms with Crippen LogP contribution in [0.25, 0.3) is 0 Å². The highest BCUT2D eigenvalue weighted by Crippen LogP contribution is 2.17. The first-order chi connectivity index (χ1) is 10.1. The molecule has 21 heavy (non-hydrogen) atoms. The topological polar surface area (TPSA) is 70.6 Å². The number of aliphatic hydroxyl groups is 1. The highest BCUT2D eigenvalue weighted by Gasteiger charge is 2.10. The molecule has 0 heterocycles. The average molecular weight is 294 g/mol. The van der Waals surface area contributed by atoms with Crippen molar-refractivity contribution in [3.8, 4) is 5.75 Å². The van der Waals surface area contributed by atoms with E-state index in [1.54, 1.807) is 0 Å². The van der Waals surface area contributed by atoms with Gasteiger partial charge in [0.25, 0.3) is 0 Å². The zero-order valence-corrected chi connectivity index (χ0v) is 13.1. The van der Waals surface area contributed by atoms with Crippen LogP contribution < -0.4 is 15.4 Å². The van der Waals surface area contributed by atoms with Crippen molar-refractivity contribution >= 4 is 6.03 Å². The molecule has 0 aliphatic heterocycles. The Hall–Kier alpha value is -1.75. The van der Waals surface area contributed by atoms with E-state index in [0.29, 0.717) is 13.0 Å². The summed E-state index contributed by atoms with van der Waals surface area (Å²) in [5, 5.41) is 15.1. The second-order valence-corrected chi connectivity index (χ2v) is 5.02. The Labute approximate surface area is 126 Å². The molecule has 5 heteroatoms. The number of carbonyl (C=O) groups excluding carboxylic acids is 1. The van der Waals surface area contributed by atoms with Crippen molar-refractivity contribution in [2.75, 3.05) is 13.2 Å². The van der Waals surface area contributed by atoms with Crippen LogP contribution in [0.4, 0.5) is 4.79 Å². The molecule has 1 aromatic rings. The van der Waals surface area contributed by atoms with Crippen molar-refractivity contribution in [1.29, 1.82) is 0 Å². The van der Waals surface area contributed by atoms with E-state index in [9.17, 15) is 9.90 Å². The monoisotopic (exact) mass is 294 g/mol. The minimum Gasteiger partial charge on any atom is -0.494 e. The van der Waals surface area contributed by atoms with Gasteiger partial charge in [0.15, 0.2) is 0 Å². The summed E-state index contributed by atoms with van der Waals surface area (Å²) in [7, 11) is 0. The largest absolute Gasteiger partial charge is 0.494 e. The average Bonchev–Trinajstić information content (AvgIpc) is 2.46. The number of urea groups is 1. The molecule has 118 valence electrons. The van der Waals surface area contributed by atoms with Gasteiger partial charge in [0.2, 0.25) is 0 Å². The molecule has 2 amide bonds. The molecule has 5 nitrogen and oxygen atoms in total. The molecule has 0 aromatic heterocycles. The third-order valence-electron chi connectivity index (χ3n) is 3.16. The summed E-state index contributed by atoms with van der Waals surface area (Å²) in [5.74, 6) is 0.820. The number of carbonyl (C=O) groups is 1. The Morgan fingerprint density at radius 2 is 1.95 bits per heavy atom. The van der Waals surface area contributed by atoms with Crippen LogP contribution in [0.15, 0.2) is 24.3 Å².